The molecular formula is C20H26F3N3O. The van der Waals surface area contributed by atoms with Crippen LogP contribution in [0, 0.1) is 11.8 Å². The van der Waals surface area contributed by atoms with Crippen molar-refractivity contribution in [3.63, 3.8) is 0 Å². The number of fused-ring (bicyclic) bond motifs is 4. The molecule has 1 amide bonds. The fourth-order valence-electron chi connectivity index (χ4n) is 5.27. The predicted octanol–water partition coefficient (Wildman–Crippen LogP) is 2.90. The molecule has 1 aromatic rings. The minimum Gasteiger partial charge on any atom is -0.350 e. The molecule has 3 aliphatic heterocycles. The maximum absolute atomic E-state index is 13.2. The van der Waals surface area contributed by atoms with Gasteiger partial charge in [-0.25, -0.2) is 0 Å². The molecule has 0 aliphatic carbocycles. The summed E-state index contributed by atoms with van der Waals surface area (Å²) < 4.78 is 39.6. The second-order valence-corrected chi connectivity index (χ2v) is 8.04. The summed E-state index contributed by atoms with van der Waals surface area (Å²) in [5, 5.41) is 6.32. The Kier molecular flexibility index (Phi) is 5.16. The third-order valence-electron chi connectivity index (χ3n) is 6.47. The number of carbonyl (C=O) groups excluding carboxylic acids is 1. The molecule has 0 spiro atoms. The lowest BCUT2D eigenvalue weighted by atomic mass is 9.73. The second-order valence-electron chi connectivity index (χ2n) is 8.04. The summed E-state index contributed by atoms with van der Waals surface area (Å²) in [5.41, 5.74) is -1.17. The van der Waals surface area contributed by atoms with Crippen LogP contribution in [0.3, 0.4) is 0 Å². The van der Waals surface area contributed by atoms with E-state index in [1.54, 1.807) is 0 Å². The Hall–Kier alpha value is -1.60. The summed E-state index contributed by atoms with van der Waals surface area (Å²) in [7, 11) is 0. The van der Waals surface area contributed by atoms with Crippen LogP contribution in [0.25, 0.3) is 0 Å². The molecule has 0 radical (unpaired) electrons. The summed E-state index contributed by atoms with van der Waals surface area (Å²) in [6.07, 6.45) is 0.191. The van der Waals surface area contributed by atoms with Crippen LogP contribution < -0.4 is 10.6 Å². The van der Waals surface area contributed by atoms with Gasteiger partial charge in [0.05, 0.1) is 11.1 Å². The van der Waals surface area contributed by atoms with Gasteiger partial charge >= 0.3 is 6.18 Å². The number of hydrogen-bond acceptors (Lipinski definition) is 3. The van der Waals surface area contributed by atoms with E-state index in [2.05, 4.69) is 15.5 Å². The van der Waals surface area contributed by atoms with Gasteiger partial charge in [0, 0.05) is 18.6 Å². The number of carbonyl (C=O) groups is 1. The zero-order valence-electron chi connectivity index (χ0n) is 15.3. The van der Waals surface area contributed by atoms with E-state index in [4.69, 9.17) is 0 Å². The molecule has 0 saturated carbocycles. The van der Waals surface area contributed by atoms with E-state index < -0.39 is 17.6 Å². The molecule has 3 heterocycles. The topological polar surface area (TPSA) is 44.4 Å². The van der Waals surface area contributed by atoms with Gasteiger partial charge in [0.15, 0.2) is 0 Å². The van der Waals surface area contributed by atoms with Crippen LogP contribution in [0.4, 0.5) is 13.2 Å². The number of halogens is 3. The van der Waals surface area contributed by atoms with E-state index in [9.17, 15) is 18.0 Å². The largest absolute Gasteiger partial charge is 0.417 e. The molecule has 0 unspecified atom stereocenters. The van der Waals surface area contributed by atoms with Gasteiger partial charge in [0.2, 0.25) is 0 Å². The number of piperidine rings is 3. The van der Waals surface area contributed by atoms with Crippen molar-refractivity contribution in [1.29, 1.82) is 0 Å². The normalized spacial score (nSPS) is 31.2. The van der Waals surface area contributed by atoms with Crippen molar-refractivity contribution in [2.75, 3.05) is 26.2 Å². The van der Waals surface area contributed by atoms with Crippen molar-refractivity contribution in [3.05, 3.63) is 35.4 Å². The molecule has 4 atom stereocenters. The third kappa shape index (κ3) is 3.72. The molecular weight excluding hydrogens is 355 g/mol. The molecule has 3 fully saturated rings. The fraction of sp³-hybridized carbons (Fsp3) is 0.650. The average molecular weight is 381 g/mol. The van der Waals surface area contributed by atoms with E-state index in [-0.39, 0.29) is 11.6 Å². The fourth-order valence-corrected chi connectivity index (χ4v) is 5.27. The van der Waals surface area contributed by atoms with Crippen LogP contribution in [0.5, 0.6) is 0 Å². The summed E-state index contributed by atoms with van der Waals surface area (Å²) >= 11 is 0. The van der Waals surface area contributed by atoms with Crippen LogP contribution in [-0.2, 0) is 6.18 Å². The lowest BCUT2D eigenvalue weighted by Crippen LogP contribution is -2.65. The maximum Gasteiger partial charge on any atom is 0.417 e. The lowest BCUT2D eigenvalue weighted by Gasteiger charge is -2.55. The Morgan fingerprint density at radius 1 is 1.19 bits per heavy atom. The molecule has 148 valence electrons. The van der Waals surface area contributed by atoms with E-state index in [1.165, 1.54) is 31.0 Å². The van der Waals surface area contributed by atoms with Crippen molar-refractivity contribution in [2.24, 2.45) is 11.8 Å². The van der Waals surface area contributed by atoms with Crippen molar-refractivity contribution < 1.29 is 18.0 Å². The van der Waals surface area contributed by atoms with Crippen molar-refractivity contribution in [2.45, 2.75) is 43.9 Å². The van der Waals surface area contributed by atoms with Gasteiger partial charge in [0.1, 0.15) is 0 Å². The Bertz CT molecular complexity index is 693. The van der Waals surface area contributed by atoms with E-state index in [1.807, 2.05) is 0 Å². The molecule has 7 heteroatoms. The molecule has 4 rings (SSSR count). The van der Waals surface area contributed by atoms with Gasteiger partial charge in [-0.05, 0) is 62.9 Å². The van der Waals surface area contributed by atoms with Gasteiger partial charge in [-0.2, -0.15) is 13.2 Å². The highest BCUT2D eigenvalue weighted by molar-refractivity contribution is 5.95. The van der Waals surface area contributed by atoms with Crippen molar-refractivity contribution >= 4 is 5.91 Å². The summed E-state index contributed by atoms with van der Waals surface area (Å²) in [6, 6.07) is 5.73. The predicted molar refractivity (Wildman–Crippen MR) is 96.4 cm³/mol. The minimum absolute atomic E-state index is 0.196. The first kappa shape index (κ1) is 18.7. The number of nitrogens with one attached hydrogen (secondary N) is 2. The third-order valence-corrected chi connectivity index (χ3v) is 6.47. The van der Waals surface area contributed by atoms with Crippen LogP contribution >= 0.6 is 0 Å². The summed E-state index contributed by atoms with van der Waals surface area (Å²) in [5.74, 6) is 0.459. The van der Waals surface area contributed by atoms with Crippen molar-refractivity contribution in [3.8, 4) is 0 Å². The summed E-state index contributed by atoms with van der Waals surface area (Å²) in [6.45, 7) is 3.40. The molecule has 0 aromatic heterocycles. The lowest BCUT2D eigenvalue weighted by molar-refractivity contribution is -0.137. The number of amides is 1. The monoisotopic (exact) mass is 381 g/mol. The van der Waals surface area contributed by atoms with Gasteiger partial charge in [-0.1, -0.05) is 18.6 Å². The Morgan fingerprint density at radius 2 is 1.96 bits per heavy atom. The van der Waals surface area contributed by atoms with Crippen LogP contribution in [-0.4, -0.2) is 49.1 Å². The summed E-state index contributed by atoms with van der Waals surface area (Å²) in [4.78, 5) is 15.1. The smallest absolute Gasteiger partial charge is 0.350 e. The molecule has 3 aliphatic rings. The SMILES string of the molecule is O=C(NC[C@H]1[C@@H]2CNC[C@@H](C2)[C@@H]2CCCCN21)c1ccccc1C(F)(F)F. The van der Waals surface area contributed by atoms with E-state index in [0.717, 1.165) is 38.5 Å². The standard InChI is InChI=1S/C20H26F3N3O/c21-20(22,23)16-6-2-1-5-15(16)19(27)25-12-18-14-9-13(10-24-11-14)17-7-3-4-8-26(17)18/h1-2,5-6,13-14,17-18,24H,3-4,7-12H2,(H,25,27)/t13-,14+,17+,18+/m1/s1. The quantitative estimate of drug-likeness (QED) is 0.846. The van der Waals surface area contributed by atoms with E-state index >= 15 is 0 Å². The Balaban J connectivity index is 1.48. The molecule has 27 heavy (non-hydrogen) atoms. The first-order chi connectivity index (χ1) is 12.9. The number of benzene rings is 1. The second kappa shape index (κ2) is 7.43. The van der Waals surface area contributed by atoms with Crippen molar-refractivity contribution in [1.82, 2.24) is 15.5 Å². The Morgan fingerprint density at radius 3 is 2.78 bits per heavy atom. The highest BCUT2D eigenvalue weighted by Gasteiger charge is 2.45. The van der Waals surface area contributed by atoms with Gasteiger partial charge in [0.25, 0.3) is 5.91 Å². The number of nitrogens with zero attached hydrogens (tertiary/aromatic N) is 1. The highest BCUT2D eigenvalue weighted by atomic mass is 19.4. The number of hydrogen-bond donors (Lipinski definition) is 2. The van der Waals surface area contributed by atoms with Crippen LogP contribution in [0.15, 0.2) is 24.3 Å². The maximum atomic E-state index is 13.2. The zero-order valence-corrected chi connectivity index (χ0v) is 15.3. The minimum atomic E-state index is -4.53. The van der Waals surface area contributed by atoms with Gasteiger partial charge < -0.3 is 10.6 Å². The first-order valence-electron chi connectivity index (χ1n) is 9.86. The molecule has 4 nitrogen and oxygen atoms in total. The first-order valence-corrected chi connectivity index (χ1v) is 9.86. The molecule has 3 saturated heterocycles. The van der Waals surface area contributed by atoms with Crippen LogP contribution in [0.1, 0.15) is 41.6 Å². The molecule has 2 bridgehead atoms. The zero-order chi connectivity index (χ0) is 19.0. The Labute approximate surface area is 157 Å². The average Bonchev–Trinajstić information content (AvgIpc) is 2.67. The number of alkyl halides is 3. The number of rotatable bonds is 3. The van der Waals surface area contributed by atoms with Gasteiger partial charge in [-0.3, -0.25) is 9.69 Å². The molecule has 2 N–H and O–H groups in total. The van der Waals surface area contributed by atoms with Crippen LogP contribution in [0.2, 0.25) is 0 Å². The van der Waals surface area contributed by atoms with E-state index in [0.29, 0.717) is 24.4 Å². The highest BCUT2D eigenvalue weighted by Crippen LogP contribution is 2.39. The van der Waals surface area contributed by atoms with Gasteiger partial charge in [-0.15, -0.1) is 0 Å². The molecule has 1 aromatic carbocycles.